The standard InChI is InChI=1S/C27H28INO8/c1-11-24(28)17(29)9-21(36-11)37-20-7-12(18(31)10-30)6-15-14(20)8-16-23(26(15)33)25(32)13-4-3-5-19(35-2)22(13)27(16)34/h3-5,8,11-12,17,20-21,24,30,33H,6-7,9-10,29H2,1-2H3/t11-,12+,17-,20-,21?,24+/m0/s1. The Bertz CT molecular complexity index is 1280. The number of fused-ring (bicyclic) bond motifs is 3. The van der Waals surface area contributed by atoms with E-state index in [4.69, 9.17) is 19.9 Å². The Hall–Kier alpha value is -2.38. The highest BCUT2D eigenvalue weighted by atomic mass is 127. The van der Waals surface area contributed by atoms with E-state index >= 15 is 0 Å². The lowest BCUT2D eigenvalue weighted by Crippen LogP contribution is -2.49. The van der Waals surface area contributed by atoms with E-state index in [9.17, 15) is 24.6 Å². The fourth-order valence-corrected chi connectivity index (χ4v) is 6.06. The van der Waals surface area contributed by atoms with Gasteiger partial charge in [0.05, 0.1) is 34.4 Å². The number of benzene rings is 2. The van der Waals surface area contributed by atoms with Crippen LogP contribution in [0.3, 0.4) is 0 Å². The topological polar surface area (TPSA) is 145 Å². The van der Waals surface area contributed by atoms with Gasteiger partial charge in [0, 0.05) is 35.1 Å². The molecule has 0 radical (unpaired) electrons. The summed E-state index contributed by atoms with van der Waals surface area (Å²) in [5.74, 6) is -2.04. The number of nitrogens with two attached hydrogens (primary N) is 1. The van der Waals surface area contributed by atoms with Crippen LogP contribution in [0.5, 0.6) is 11.5 Å². The van der Waals surface area contributed by atoms with E-state index < -0.39 is 42.3 Å². The molecule has 1 unspecified atom stereocenters. The second kappa shape index (κ2) is 10.1. The van der Waals surface area contributed by atoms with E-state index in [1.54, 1.807) is 18.2 Å². The number of aliphatic hydroxyl groups is 1. The third-order valence-corrected chi connectivity index (χ3v) is 9.48. The fourth-order valence-electron chi connectivity index (χ4n) is 5.59. The fraction of sp³-hybridized carbons (Fsp3) is 0.444. The molecule has 10 heteroatoms. The molecule has 0 aromatic heterocycles. The maximum atomic E-state index is 13.6. The first kappa shape index (κ1) is 26.2. The molecule has 1 fully saturated rings. The van der Waals surface area contributed by atoms with Gasteiger partial charge in [-0.3, -0.25) is 14.4 Å². The Morgan fingerprint density at radius 2 is 1.92 bits per heavy atom. The zero-order valence-corrected chi connectivity index (χ0v) is 22.6. The molecule has 0 saturated carbocycles. The van der Waals surface area contributed by atoms with Crippen molar-refractivity contribution >= 4 is 39.9 Å². The van der Waals surface area contributed by atoms with Crippen molar-refractivity contribution in [2.24, 2.45) is 11.7 Å². The SMILES string of the molecule is COc1cccc2c1C(=O)c1cc3c(c(O)c1C2=O)C[C@@H](C(=O)CO)C[C@@H]3OC1C[C@H](N)[C@H](I)[C@H](C)O1. The molecule has 4 N–H and O–H groups in total. The van der Waals surface area contributed by atoms with E-state index in [1.165, 1.54) is 13.2 Å². The normalized spacial score (nSPS) is 28.8. The lowest BCUT2D eigenvalue weighted by Gasteiger charge is -2.40. The summed E-state index contributed by atoms with van der Waals surface area (Å²) < 4.78 is 17.8. The molecule has 37 heavy (non-hydrogen) atoms. The van der Waals surface area contributed by atoms with E-state index in [1.807, 2.05) is 6.92 Å². The maximum Gasteiger partial charge on any atom is 0.198 e. The number of carbonyl (C=O) groups is 3. The monoisotopic (exact) mass is 621 g/mol. The molecule has 196 valence electrons. The Morgan fingerprint density at radius 3 is 2.59 bits per heavy atom. The van der Waals surface area contributed by atoms with Gasteiger partial charge in [-0.05, 0) is 37.5 Å². The molecule has 0 bridgehead atoms. The van der Waals surface area contributed by atoms with Gasteiger partial charge in [-0.1, -0.05) is 34.7 Å². The predicted molar refractivity (Wildman–Crippen MR) is 140 cm³/mol. The summed E-state index contributed by atoms with van der Waals surface area (Å²) in [6.07, 6.45) is -0.777. The summed E-state index contributed by atoms with van der Waals surface area (Å²) >= 11 is 2.25. The molecular formula is C27H28INO8. The van der Waals surface area contributed by atoms with Gasteiger partial charge >= 0.3 is 0 Å². The van der Waals surface area contributed by atoms with Gasteiger partial charge in [0.15, 0.2) is 23.6 Å². The number of phenolic OH excluding ortho intramolecular Hbond substituents is 1. The van der Waals surface area contributed by atoms with Crippen LogP contribution in [0.2, 0.25) is 0 Å². The van der Waals surface area contributed by atoms with Crippen molar-refractivity contribution in [3.05, 3.63) is 57.6 Å². The maximum absolute atomic E-state index is 13.6. The Kier molecular flexibility index (Phi) is 7.14. The second-order valence-electron chi connectivity index (χ2n) is 9.76. The van der Waals surface area contributed by atoms with E-state index in [2.05, 4.69) is 22.6 Å². The Morgan fingerprint density at radius 1 is 1.19 bits per heavy atom. The minimum atomic E-state index is -0.724. The van der Waals surface area contributed by atoms with Gasteiger partial charge in [-0.25, -0.2) is 0 Å². The molecule has 1 saturated heterocycles. The lowest BCUT2D eigenvalue weighted by molar-refractivity contribution is -0.216. The number of hydrogen-bond donors (Lipinski definition) is 3. The minimum absolute atomic E-state index is 0.0562. The number of methoxy groups -OCH3 is 1. The number of Topliss-reactive ketones (excluding diaryl/α,β-unsaturated/α-hetero) is 1. The number of ether oxygens (including phenoxy) is 3. The number of rotatable bonds is 5. The highest BCUT2D eigenvalue weighted by molar-refractivity contribution is 14.1. The summed E-state index contributed by atoms with van der Waals surface area (Å²) in [7, 11) is 1.42. The molecule has 2 aromatic carbocycles. The first-order valence-electron chi connectivity index (χ1n) is 12.2. The smallest absolute Gasteiger partial charge is 0.198 e. The Balaban J connectivity index is 1.61. The lowest BCUT2D eigenvalue weighted by atomic mass is 9.74. The molecule has 1 aliphatic heterocycles. The van der Waals surface area contributed by atoms with E-state index in [0.29, 0.717) is 17.5 Å². The summed E-state index contributed by atoms with van der Waals surface area (Å²) in [6, 6.07) is 6.16. The molecule has 0 spiro atoms. The number of aliphatic hydroxyl groups excluding tert-OH is 1. The summed E-state index contributed by atoms with van der Waals surface area (Å²) in [6.45, 7) is 1.26. The number of halogens is 1. The van der Waals surface area contributed by atoms with Crippen molar-refractivity contribution in [2.45, 2.75) is 54.7 Å². The van der Waals surface area contributed by atoms with Crippen LogP contribution in [-0.4, -0.2) is 63.6 Å². The number of carbonyl (C=O) groups excluding carboxylic acids is 3. The molecule has 3 aliphatic rings. The van der Waals surface area contributed by atoms with Gasteiger partial charge in [0.2, 0.25) is 0 Å². The number of aromatic hydroxyl groups is 1. The van der Waals surface area contributed by atoms with Crippen molar-refractivity contribution in [3.63, 3.8) is 0 Å². The van der Waals surface area contributed by atoms with Crippen LogP contribution >= 0.6 is 22.6 Å². The number of alkyl halides is 1. The second-order valence-corrected chi connectivity index (χ2v) is 11.2. The summed E-state index contributed by atoms with van der Waals surface area (Å²) in [5.41, 5.74) is 7.40. The van der Waals surface area contributed by atoms with Crippen LogP contribution in [0.1, 0.15) is 68.8 Å². The van der Waals surface area contributed by atoms with Crippen LogP contribution in [0.15, 0.2) is 24.3 Å². The summed E-state index contributed by atoms with van der Waals surface area (Å²) in [4.78, 5) is 39.6. The number of phenols is 1. The molecule has 5 rings (SSSR count). The van der Waals surface area contributed by atoms with Crippen LogP contribution in [0, 0.1) is 5.92 Å². The van der Waals surface area contributed by atoms with Gasteiger partial charge in [0.25, 0.3) is 0 Å². The molecular weight excluding hydrogens is 593 g/mol. The minimum Gasteiger partial charge on any atom is -0.507 e. The van der Waals surface area contributed by atoms with Crippen molar-refractivity contribution in [3.8, 4) is 11.5 Å². The van der Waals surface area contributed by atoms with Crippen LogP contribution in [0.4, 0.5) is 0 Å². The van der Waals surface area contributed by atoms with Crippen LogP contribution in [0.25, 0.3) is 0 Å². The zero-order valence-electron chi connectivity index (χ0n) is 20.4. The van der Waals surface area contributed by atoms with Gasteiger partial charge in [0.1, 0.15) is 18.1 Å². The largest absolute Gasteiger partial charge is 0.507 e. The van der Waals surface area contributed by atoms with Crippen molar-refractivity contribution in [2.75, 3.05) is 13.7 Å². The molecule has 2 aliphatic carbocycles. The first-order valence-corrected chi connectivity index (χ1v) is 13.4. The highest BCUT2D eigenvalue weighted by Crippen LogP contribution is 2.47. The average Bonchev–Trinajstić information content (AvgIpc) is 2.89. The van der Waals surface area contributed by atoms with Crippen LogP contribution < -0.4 is 10.5 Å². The van der Waals surface area contributed by atoms with Gasteiger partial charge in [-0.15, -0.1) is 0 Å². The van der Waals surface area contributed by atoms with E-state index in [-0.39, 0.29) is 62.7 Å². The number of ketones is 3. The third-order valence-electron chi connectivity index (χ3n) is 7.54. The zero-order chi connectivity index (χ0) is 26.6. The molecule has 9 nitrogen and oxygen atoms in total. The third kappa shape index (κ3) is 4.38. The summed E-state index contributed by atoms with van der Waals surface area (Å²) in [5, 5.41) is 20.9. The Labute approximate surface area is 227 Å². The average molecular weight is 621 g/mol. The van der Waals surface area contributed by atoms with Gasteiger partial charge < -0.3 is 30.2 Å². The van der Waals surface area contributed by atoms with E-state index in [0.717, 1.165) is 0 Å². The van der Waals surface area contributed by atoms with Crippen molar-refractivity contribution in [1.29, 1.82) is 0 Å². The quantitative estimate of drug-likeness (QED) is 0.289. The first-order chi connectivity index (χ1) is 17.7. The molecule has 6 atom stereocenters. The molecule has 0 amide bonds. The van der Waals surface area contributed by atoms with Crippen molar-refractivity contribution in [1.82, 2.24) is 0 Å². The number of hydrogen-bond acceptors (Lipinski definition) is 9. The molecule has 1 heterocycles. The van der Waals surface area contributed by atoms with Crippen LogP contribution in [-0.2, 0) is 20.7 Å². The van der Waals surface area contributed by atoms with Gasteiger partial charge in [-0.2, -0.15) is 0 Å². The predicted octanol–water partition coefficient (Wildman–Crippen LogP) is 2.62. The highest BCUT2D eigenvalue weighted by Gasteiger charge is 2.42. The molecule has 2 aromatic rings. The van der Waals surface area contributed by atoms with Crippen molar-refractivity contribution < 1.29 is 38.8 Å².